The molecule has 0 atom stereocenters. The van der Waals surface area contributed by atoms with Gasteiger partial charge in [-0.05, 0) is 25.1 Å². The molecule has 3 aromatic rings. The fraction of sp³-hybridized carbons (Fsp3) is 0.381. The lowest BCUT2D eigenvalue weighted by molar-refractivity contribution is 0.0627. The number of carbonyl (C=O) groups excluding carboxylic acids is 1. The van der Waals surface area contributed by atoms with E-state index < -0.39 is 0 Å². The van der Waals surface area contributed by atoms with Gasteiger partial charge in [-0.25, -0.2) is 4.98 Å². The Balaban J connectivity index is 1.34. The van der Waals surface area contributed by atoms with E-state index >= 15 is 0 Å². The van der Waals surface area contributed by atoms with Gasteiger partial charge in [0.2, 0.25) is 0 Å². The first-order valence-electron chi connectivity index (χ1n) is 9.84. The minimum Gasteiger partial charge on any atom is -0.496 e. The number of rotatable bonds is 6. The number of aromatic nitrogens is 4. The highest BCUT2D eigenvalue weighted by Gasteiger charge is 2.24. The van der Waals surface area contributed by atoms with Gasteiger partial charge in [-0.2, -0.15) is 5.10 Å². The number of imidazole rings is 1. The minimum absolute atomic E-state index is 0.0104. The SMILES string of the molecule is COc1ccccc1-c1cc(C(=O)N2CCN(CCn3ccnc3C)CC2)[nH]n1. The number of methoxy groups -OCH3 is 1. The third-order valence-corrected chi connectivity index (χ3v) is 5.43. The van der Waals surface area contributed by atoms with Crippen LogP contribution in [-0.2, 0) is 6.54 Å². The van der Waals surface area contributed by atoms with Gasteiger partial charge in [0.05, 0.1) is 12.8 Å². The standard InChI is InChI=1S/C21H26N6O2/c1-16-22-7-8-26(16)12-9-25-10-13-27(14-11-25)21(28)19-15-18(23-24-19)17-5-3-4-6-20(17)29-2/h3-8,15H,9-14H2,1-2H3,(H,23,24). The molecule has 4 rings (SSSR count). The van der Waals surface area contributed by atoms with E-state index in [9.17, 15) is 4.79 Å². The van der Waals surface area contributed by atoms with Gasteiger partial charge in [-0.1, -0.05) is 12.1 Å². The molecule has 1 aliphatic heterocycles. The number of amides is 1. The Morgan fingerprint density at radius 3 is 2.69 bits per heavy atom. The summed E-state index contributed by atoms with van der Waals surface area (Å²) in [4.78, 5) is 21.4. The van der Waals surface area contributed by atoms with Gasteiger partial charge in [0.1, 0.15) is 17.3 Å². The largest absolute Gasteiger partial charge is 0.496 e. The molecule has 2 aromatic heterocycles. The van der Waals surface area contributed by atoms with Crippen molar-refractivity contribution in [3.8, 4) is 17.0 Å². The summed E-state index contributed by atoms with van der Waals surface area (Å²) < 4.78 is 7.55. The van der Waals surface area contributed by atoms with Gasteiger partial charge in [0.25, 0.3) is 5.91 Å². The van der Waals surface area contributed by atoms with Crippen molar-refractivity contribution in [3.05, 3.63) is 54.2 Å². The molecule has 0 radical (unpaired) electrons. The summed E-state index contributed by atoms with van der Waals surface area (Å²) in [5.74, 6) is 1.76. The molecule has 0 aliphatic carbocycles. The Bertz CT molecular complexity index is 971. The Hall–Kier alpha value is -3.13. The number of nitrogens with one attached hydrogen (secondary N) is 1. The molecular weight excluding hydrogens is 368 g/mol. The zero-order valence-electron chi connectivity index (χ0n) is 16.8. The van der Waals surface area contributed by atoms with Gasteiger partial charge in [0.15, 0.2) is 0 Å². The molecule has 1 fully saturated rings. The van der Waals surface area contributed by atoms with E-state index in [1.54, 1.807) is 13.2 Å². The zero-order chi connectivity index (χ0) is 20.2. The molecule has 0 unspecified atom stereocenters. The van der Waals surface area contributed by atoms with Crippen LogP contribution >= 0.6 is 0 Å². The van der Waals surface area contributed by atoms with Crippen molar-refractivity contribution in [2.24, 2.45) is 0 Å². The van der Waals surface area contributed by atoms with E-state index in [0.29, 0.717) is 24.5 Å². The Morgan fingerprint density at radius 2 is 1.97 bits per heavy atom. The second-order valence-electron chi connectivity index (χ2n) is 7.17. The number of ether oxygens (including phenoxy) is 1. The first-order valence-corrected chi connectivity index (χ1v) is 9.84. The highest BCUT2D eigenvalue weighted by Crippen LogP contribution is 2.28. The fourth-order valence-corrected chi connectivity index (χ4v) is 3.66. The van der Waals surface area contributed by atoms with Crippen molar-refractivity contribution < 1.29 is 9.53 Å². The Morgan fingerprint density at radius 1 is 1.17 bits per heavy atom. The summed E-state index contributed by atoms with van der Waals surface area (Å²) in [5, 5.41) is 7.21. The number of hydrogen-bond donors (Lipinski definition) is 1. The van der Waals surface area contributed by atoms with Crippen LogP contribution in [0.4, 0.5) is 0 Å². The van der Waals surface area contributed by atoms with Crippen molar-refractivity contribution in [2.45, 2.75) is 13.5 Å². The number of piperazine rings is 1. The summed E-state index contributed by atoms with van der Waals surface area (Å²) in [6.07, 6.45) is 3.84. The van der Waals surface area contributed by atoms with Crippen LogP contribution in [0.15, 0.2) is 42.7 Å². The second kappa shape index (κ2) is 8.48. The molecule has 8 nitrogen and oxygen atoms in total. The van der Waals surface area contributed by atoms with Gasteiger partial charge < -0.3 is 14.2 Å². The maximum atomic E-state index is 12.9. The molecule has 1 amide bonds. The normalized spacial score (nSPS) is 14.9. The van der Waals surface area contributed by atoms with Crippen molar-refractivity contribution in [1.82, 2.24) is 29.5 Å². The molecule has 0 bridgehead atoms. The number of aromatic amines is 1. The molecule has 1 N–H and O–H groups in total. The van der Waals surface area contributed by atoms with Crippen molar-refractivity contribution in [3.63, 3.8) is 0 Å². The number of hydrogen-bond acceptors (Lipinski definition) is 5. The molecule has 8 heteroatoms. The summed E-state index contributed by atoms with van der Waals surface area (Å²) in [5.41, 5.74) is 2.08. The molecule has 1 saturated heterocycles. The highest BCUT2D eigenvalue weighted by molar-refractivity contribution is 5.93. The molecule has 0 spiro atoms. The average Bonchev–Trinajstić information content (AvgIpc) is 3.41. The summed E-state index contributed by atoms with van der Waals surface area (Å²) in [6.45, 7) is 7.06. The number of para-hydroxylation sites is 1. The van der Waals surface area contributed by atoms with Crippen LogP contribution in [0.3, 0.4) is 0 Å². The van der Waals surface area contributed by atoms with Crippen molar-refractivity contribution in [1.29, 1.82) is 0 Å². The van der Waals surface area contributed by atoms with Crippen LogP contribution in [0.25, 0.3) is 11.3 Å². The maximum absolute atomic E-state index is 12.9. The first-order chi connectivity index (χ1) is 14.2. The number of carbonyl (C=O) groups is 1. The van der Waals surface area contributed by atoms with Crippen LogP contribution in [0.1, 0.15) is 16.3 Å². The minimum atomic E-state index is -0.0104. The lowest BCUT2D eigenvalue weighted by atomic mass is 10.1. The van der Waals surface area contributed by atoms with E-state index in [-0.39, 0.29) is 5.91 Å². The second-order valence-corrected chi connectivity index (χ2v) is 7.17. The van der Waals surface area contributed by atoms with Gasteiger partial charge >= 0.3 is 0 Å². The van der Waals surface area contributed by atoms with Gasteiger partial charge in [-0.3, -0.25) is 14.8 Å². The average molecular weight is 394 g/mol. The fourth-order valence-electron chi connectivity index (χ4n) is 3.66. The first kappa shape index (κ1) is 19.2. The van der Waals surface area contributed by atoms with E-state index in [1.165, 1.54) is 0 Å². The monoisotopic (exact) mass is 394 g/mol. The van der Waals surface area contributed by atoms with Crippen LogP contribution in [0.5, 0.6) is 5.75 Å². The van der Waals surface area contributed by atoms with Gasteiger partial charge in [0, 0.05) is 57.2 Å². The van der Waals surface area contributed by atoms with E-state index in [1.807, 2.05) is 48.5 Å². The van der Waals surface area contributed by atoms with E-state index in [2.05, 4.69) is 24.6 Å². The van der Waals surface area contributed by atoms with Crippen LogP contribution < -0.4 is 4.74 Å². The van der Waals surface area contributed by atoms with Crippen LogP contribution in [0.2, 0.25) is 0 Å². The molecular formula is C21H26N6O2. The number of aryl methyl sites for hydroxylation is 1. The number of H-pyrrole nitrogens is 1. The number of benzene rings is 1. The predicted octanol–water partition coefficient (Wildman–Crippen LogP) is 2.05. The predicted molar refractivity (Wildman–Crippen MR) is 110 cm³/mol. The third kappa shape index (κ3) is 4.17. The molecule has 152 valence electrons. The molecule has 1 aliphatic rings. The smallest absolute Gasteiger partial charge is 0.271 e. The summed E-state index contributed by atoms with van der Waals surface area (Å²) >= 11 is 0. The Labute approximate surface area is 170 Å². The van der Waals surface area contributed by atoms with Crippen LogP contribution in [-0.4, -0.2) is 75.3 Å². The van der Waals surface area contributed by atoms with E-state index in [4.69, 9.17) is 4.74 Å². The quantitative estimate of drug-likeness (QED) is 0.692. The van der Waals surface area contributed by atoms with Gasteiger partial charge in [-0.15, -0.1) is 0 Å². The summed E-state index contributed by atoms with van der Waals surface area (Å²) in [7, 11) is 1.63. The molecule has 29 heavy (non-hydrogen) atoms. The van der Waals surface area contributed by atoms with Crippen LogP contribution in [0, 0.1) is 6.92 Å². The van der Waals surface area contributed by atoms with E-state index in [0.717, 1.165) is 43.3 Å². The molecule has 1 aromatic carbocycles. The van der Waals surface area contributed by atoms with Crippen molar-refractivity contribution >= 4 is 5.91 Å². The third-order valence-electron chi connectivity index (χ3n) is 5.43. The Kier molecular flexibility index (Phi) is 5.62. The lowest BCUT2D eigenvalue weighted by Crippen LogP contribution is -2.49. The topological polar surface area (TPSA) is 79.3 Å². The summed E-state index contributed by atoms with van der Waals surface area (Å²) in [6, 6.07) is 9.46. The highest BCUT2D eigenvalue weighted by atomic mass is 16.5. The maximum Gasteiger partial charge on any atom is 0.271 e. The molecule has 3 heterocycles. The lowest BCUT2D eigenvalue weighted by Gasteiger charge is -2.34. The zero-order valence-corrected chi connectivity index (χ0v) is 16.8. The number of nitrogens with zero attached hydrogens (tertiary/aromatic N) is 5. The molecule has 0 saturated carbocycles. The van der Waals surface area contributed by atoms with Crippen molar-refractivity contribution in [2.75, 3.05) is 39.8 Å².